The van der Waals surface area contributed by atoms with E-state index in [0.717, 1.165) is 5.56 Å². The first kappa shape index (κ1) is 14.3. The number of hydrogen-bond donors (Lipinski definition) is 1. The number of alkyl halides is 3. The van der Waals surface area contributed by atoms with Crippen molar-refractivity contribution in [2.24, 2.45) is 11.3 Å². The molecule has 19 heavy (non-hydrogen) atoms. The van der Waals surface area contributed by atoms with Gasteiger partial charge in [-0.1, -0.05) is 37.3 Å². The van der Waals surface area contributed by atoms with Gasteiger partial charge in [-0.05, 0) is 5.56 Å². The SMILES string of the molecule is C[C@@]1(CO)CN(Cc2ccccc2)C[C@@H]1C(F)(F)F. The number of benzene rings is 1. The topological polar surface area (TPSA) is 23.5 Å². The number of hydrogen-bond acceptors (Lipinski definition) is 2. The van der Waals surface area contributed by atoms with E-state index in [9.17, 15) is 18.3 Å². The van der Waals surface area contributed by atoms with Gasteiger partial charge in [0.05, 0.1) is 12.5 Å². The summed E-state index contributed by atoms with van der Waals surface area (Å²) in [5.74, 6) is -1.46. The Morgan fingerprint density at radius 1 is 1.32 bits per heavy atom. The third kappa shape index (κ3) is 3.09. The van der Waals surface area contributed by atoms with Crippen LogP contribution in [0.5, 0.6) is 0 Å². The number of aliphatic hydroxyl groups excluding tert-OH is 1. The Bertz CT molecular complexity index is 420. The summed E-state index contributed by atoms with van der Waals surface area (Å²) in [7, 11) is 0. The fraction of sp³-hybridized carbons (Fsp3) is 0.571. The van der Waals surface area contributed by atoms with Crippen LogP contribution in [-0.2, 0) is 6.54 Å². The average molecular weight is 273 g/mol. The zero-order valence-electron chi connectivity index (χ0n) is 10.8. The molecule has 0 radical (unpaired) electrons. The van der Waals surface area contributed by atoms with Gasteiger partial charge in [0, 0.05) is 25.0 Å². The smallest absolute Gasteiger partial charge is 0.393 e. The zero-order valence-corrected chi connectivity index (χ0v) is 10.8. The summed E-state index contributed by atoms with van der Waals surface area (Å²) in [5.41, 5.74) is -0.113. The van der Waals surface area contributed by atoms with Gasteiger partial charge in [-0.3, -0.25) is 4.90 Å². The van der Waals surface area contributed by atoms with E-state index in [1.807, 2.05) is 30.3 Å². The monoisotopic (exact) mass is 273 g/mol. The second-order valence-corrected chi connectivity index (χ2v) is 5.56. The zero-order chi connectivity index (χ0) is 14.1. The first-order valence-electron chi connectivity index (χ1n) is 6.29. The first-order chi connectivity index (χ1) is 8.85. The summed E-state index contributed by atoms with van der Waals surface area (Å²) in [4.78, 5) is 1.77. The highest BCUT2D eigenvalue weighted by molar-refractivity contribution is 5.15. The number of aliphatic hydroxyl groups is 1. The summed E-state index contributed by atoms with van der Waals surface area (Å²) in [6.07, 6.45) is -4.26. The average Bonchev–Trinajstić information content (AvgIpc) is 2.68. The molecule has 0 bridgehead atoms. The van der Waals surface area contributed by atoms with E-state index in [2.05, 4.69) is 0 Å². The Labute approximate surface area is 110 Å². The molecule has 0 aromatic heterocycles. The maximum Gasteiger partial charge on any atom is 0.393 e. The minimum Gasteiger partial charge on any atom is -0.396 e. The van der Waals surface area contributed by atoms with E-state index in [-0.39, 0.29) is 13.1 Å². The molecular formula is C14H18F3NO. The Kier molecular flexibility index (Phi) is 3.87. The fourth-order valence-electron chi connectivity index (χ4n) is 2.79. The molecule has 1 aliphatic heterocycles. The molecule has 2 atom stereocenters. The van der Waals surface area contributed by atoms with Crippen LogP contribution in [0.25, 0.3) is 0 Å². The quantitative estimate of drug-likeness (QED) is 0.915. The molecule has 2 rings (SSSR count). The van der Waals surface area contributed by atoms with Gasteiger partial charge in [0.2, 0.25) is 0 Å². The molecule has 1 aromatic rings. The van der Waals surface area contributed by atoms with Crippen molar-refractivity contribution in [2.45, 2.75) is 19.6 Å². The highest BCUT2D eigenvalue weighted by atomic mass is 19.4. The van der Waals surface area contributed by atoms with Crippen LogP contribution in [-0.4, -0.2) is 35.9 Å². The van der Waals surface area contributed by atoms with Gasteiger partial charge in [-0.15, -0.1) is 0 Å². The molecule has 1 fully saturated rings. The van der Waals surface area contributed by atoms with Crippen LogP contribution in [0.4, 0.5) is 13.2 Å². The standard InChI is InChI=1S/C14H18F3NO/c1-13(10-19)9-18(8-12(13)14(15,16)17)7-11-5-3-2-4-6-11/h2-6,12,19H,7-10H2,1H3/t12-,13-/m0/s1. The van der Waals surface area contributed by atoms with Gasteiger partial charge in [0.15, 0.2) is 0 Å². The minimum atomic E-state index is -4.26. The second kappa shape index (κ2) is 5.13. The molecule has 2 nitrogen and oxygen atoms in total. The van der Waals surface area contributed by atoms with Gasteiger partial charge >= 0.3 is 6.18 Å². The molecule has 106 valence electrons. The molecule has 0 aliphatic carbocycles. The molecule has 1 N–H and O–H groups in total. The molecule has 0 unspecified atom stereocenters. The second-order valence-electron chi connectivity index (χ2n) is 5.56. The molecule has 1 aliphatic rings. The lowest BCUT2D eigenvalue weighted by atomic mass is 9.80. The first-order valence-corrected chi connectivity index (χ1v) is 6.29. The molecule has 0 amide bonds. The van der Waals surface area contributed by atoms with Gasteiger partial charge < -0.3 is 5.11 Å². The summed E-state index contributed by atoms with van der Waals surface area (Å²) >= 11 is 0. The van der Waals surface area contributed by atoms with Gasteiger partial charge in [-0.25, -0.2) is 0 Å². The lowest BCUT2D eigenvalue weighted by Crippen LogP contribution is -2.39. The van der Waals surface area contributed by atoms with Crippen molar-refractivity contribution in [3.8, 4) is 0 Å². The molecule has 1 aromatic carbocycles. The molecular weight excluding hydrogens is 255 g/mol. The van der Waals surface area contributed by atoms with Crippen molar-refractivity contribution < 1.29 is 18.3 Å². The normalized spacial score (nSPS) is 28.8. The minimum absolute atomic E-state index is 0.0462. The van der Waals surface area contributed by atoms with Crippen molar-refractivity contribution in [3.05, 3.63) is 35.9 Å². The van der Waals surface area contributed by atoms with Crippen molar-refractivity contribution >= 4 is 0 Å². The lowest BCUT2D eigenvalue weighted by molar-refractivity contribution is -0.197. The lowest BCUT2D eigenvalue weighted by Gasteiger charge is -2.29. The maximum atomic E-state index is 13.0. The van der Waals surface area contributed by atoms with Crippen molar-refractivity contribution in [1.82, 2.24) is 4.90 Å². The Morgan fingerprint density at radius 2 is 1.95 bits per heavy atom. The van der Waals surface area contributed by atoms with Crippen molar-refractivity contribution in [3.63, 3.8) is 0 Å². The van der Waals surface area contributed by atoms with Crippen LogP contribution < -0.4 is 0 Å². The van der Waals surface area contributed by atoms with Crippen LogP contribution >= 0.6 is 0 Å². The predicted molar refractivity (Wildman–Crippen MR) is 66.5 cm³/mol. The summed E-state index contributed by atoms with van der Waals surface area (Å²) in [6, 6.07) is 9.42. The number of nitrogens with zero attached hydrogens (tertiary/aromatic N) is 1. The number of halogens is 3. The van der Waals surface area contributed by atoms with E-state index < -0.39 is 24.1 Å². The van der Waals surface area contributed by atoms with Gasteiger partial charge in [0.25, 0.3) is 0 Å². The fourth-order valence-corrected chi connectivity index (χ4v) is 2.79. The molecule has 0 spiro atoms. The van der Waals surface area contributed by atoms with Crippen LogP contribution in [0, 0.1) is 11.3 Å². The van der Waals surface area contributed by atoms with Crippen LogP contribution in [0.1, 0.15) is 12.5 Å². The van der Waals surface area contributed by atoms with Crippen LogP contribution in [0.2, 0.25) is 0 Å². The highest BCUT2D eigenvalue weighted by Gasteiger charge is 2.55. The summed E-state index contributed by atoms with van der Waals surface area (Å²) in [6.45, 7) is 1.78. The van der Waals surface area contributed by atoms with Crippen LogP contribution in [0.15, 0.2) is 30.3 Å². The predicted octanol–water partition coefficient (Wildman–Crippen LogP) is 2.68. The van der Waals surface area contributed by atoms with Gasteiger partial charge in [-0.2, -0.15) is 13.2 Å². The van der Waals surface area contributed by atoms with E-state index in [4.69, 9.17) is 0 Å². The van der Waals surface area contributed by atoms with Crippen LogP contribution in [0.3, 0.4) is 0 Å². The van der Waals surface area contributed by atoms with E-state index >= 15 is 0 Å². The molecule has 0 saturated carbocycles. The largest absolute Gasteiger partial charge is 0.396 e. The Balaban J connectivity index is 2.11. The van der Waals surface area contributed by atoms with E-state index in [1.165, 1.54) is 6.92 Å². The third-order valence-corrected chi connectivity index (χ3v) is 3.87. The van der Waals surface area contributed by atoms with E-state index in [1.54, 1.807) is 4.90 Å². The number of likely N-dealkylation sites (tertiary alicyclic amines) is 1. The highest BCUT2D eigenvalue weighted by Crippen LogP contribution is 2.45. The van der Waals surface area contributed by atoms with Crippen molar-refractivity contribution in [1.29, 1.82) is 0 Å². The Morgan fingerprint density at radius 3 is 2.42 bits per heavy atom. The molecule has 5 heteroatoms. The third-order valence-electron chi connectivity index (χ3n) is 3.87. The molecule has 1 saturated heterocycles. The van der Waals surface area contributed by atoms with Gasteiger partial charge in [0.1, 0.15) is 0 Å². The summed E-state index contributed by atoms with van der Waals surface area (Å²) < 4.78 is 39.1. The van der Waals surface area contributed by atoms with E-state index in [0.29, 0.717) is 6.54 Å². The maximum absolute atomic E-state index is 13.0. The summed E-state index contributed by atoms with van der Waals surface area (Å²) in [5, 5.41) is 9.32. The van der Waals surface area contributed by atoms with Crippen molar-refractivity contribution in [2.75, 3.05) is 19.7 Å². The molecule has 1 heterocycles. The Hall–Kier alpha value is -1.07. The number of rotatable bonds is 3.